The van der Waals surface area contributed by atoms with Gasteiger partial charge in [0.1, 0.15) is 18.2 Å². The number of halogens is 1. The molecule has 4 nitrogen and oxygen atoms in total. The summed E-state index contributed by atoms with van der Waals surface area (Å²) in [6, 6.07) is 12.8. The van der Waals surface area contributed by atoms with Crippen molar-refractivity contribution in [3.63, 3.8) is 0 Å². The summed E-state index contributed by atoms with van der Waals surface area (Å²) in [6.45, 7) is 5.76. The van der Waals surface area contributed by atoms with E-state index in [9.17, 15) is 9.18 Å². The Labute approximate surface area is 154 Å². The van der Waals surface area contributed by atoms with Crippen LogP contribution in [0, 0.1) is 12.7 Å². The third-order valence-electron chi connectivity index (χ3n) is 4.57. The number of rotatable bonds is 6. The Morgan fingerprint density at radius 3 is 2.77 bits per heavy atom. The van der Waals surface area contributed by atoms with Gasteiger partial charge in [0.25, 0.3) is 0 Å². The quantitative estimate of drug-likeness (QED) is 0.856. The highest BCUT2D eigenvalue weighted by molar-refractivity contribution is 5.77. The molecule has 2 aromatic rings. The lowest BCUT2D eigenvalue weighted by atomic mass is 10.1. The fraction of sp³-hybridized carbons (Fsp3) is 0.381. The molecule has 0 aliphatic carbocycles. The Kier molecular flexibility index (Phi) is 5.76. The van der Waals surface area contributed by atoms with Crippen LogP contribution in [0.4, 0.5) is 10.1 Å². The maximum atomic E-state index is 13.6. The normalized spacial score (nSPS) is 16.0. The number of amides is 1. The van der Waals surface area contributed by atoms with Gasteiger partial charge in [0.15, 0.2) is 0 Å². The first-order valence-corrected chi connectivity index (χ1v) is 9.08. The first-order chi connectivity index (χ1) is 12.6. The van der Waals surface area contributed by atoms with Crippen LogP contribution in [0.15, 0.2) is 42.5 Å². The predicted octanol–water partition coefficient (Wildman–Crippen LogP) is 3.82. The van der Waals surface area contributed by atoms with Gasteiger partial charge in [-0.2, -0.15) is 0 Å². The zero-order valence-corrected chi connectivity index (χ0v) is 15.3. The van der Waals surface area contributed by atoms with Gasteiger partial charge in [-0.05, 0) is 31.0 Å². The lowest BCUT2D eigenvalue weighted by Gasteiger charge is -2.38. The molecule has 0 saturated carbocycles. The summed E-state index contributed by atoms with van der Waals surface area (Å²) in [5.41, 5.74) is 3.17. The summed E-state index contributed by atoms with van der Waals surface area (Å²) in [4.78, 5) is 14.4. The van der Waals surface area contributed by atoms with Crippen molar-refractivity contribution in [2.75, 3.05) is 18.1 Å². The minimum Gasteiger partial charge on any atom is -0.489 e. The zero-order valence-electron chi connectivity index (χ0n) is 15.3. The van der Waals surface area contributed by atoms with Crippen molar-refractivity contribution in [2.24, 2.45) is 0 Å². The summed E-state index contributed by atoms with van der Waals surface area (Å²) in [7, 11) is 0. The number of nitrogens with one attached hydrogen (secondary N) is 1. The number of aryl methyl sites for hydroxylation is 1. The number of benzene rings is 2. The lowest BCUT2D eigenvalue weighted by Crippen LogP contribution is -2.45. The molecule has 1 atom stereocenters. The molecule has 0 bridgehead atoms. The molecule has 0 radical (unpaired) electrons. The van der Waals surface area contributed by atoms with E-state index < -0.39 is 0 Å². The highest BCUT2D eigenvalue weighted by Gasteiger charge is 2.29. The zero-order chi connectivity index (χ0) is 18.5. The Balaban J connectivity index is 1.84. The molecule has 138 valence electrons. The summed E-state index contributed by atoms with van der Waals surface area (Å²) in [5.74, 6) is 0.223. The average Bonchev–Trinajstić information content (AvgIpc) is 2.63. The van der Waals surface area contributed by atoms with Crippen LogP contribution in [-0.4, -0.2) is 25.1 Å². The van der Waals surface area contributed by atoms with Crippen molar-refractivity contribution in [2.45, 2.75) is 39.3 Å². The van der Waals surface area contributed by atoms with E-state index in [1.165, 1.54) is 17.7 Å². The summed E-state index contributed by atoms with van der Waals surface area (Å²) < 4.78 is 19.3. The van der Waals surface area contributed by atoms with Crippen molar-refractivity contribution in [1.29, 1.82) is 0 Å². The molecule has 1 heterocycles. The third kappa shape index (κ3) is 4.34. The van der Waals surface area contributed by atoms with E-state index >= 15 is 0 Å². The van der Waals surface area contributed by atoms with Crippen LogP contribution in [0.25, 0.3) is 0 Å². The van der Waals surface area contributed by atoms with E-state index in [4.69, 9.17) is 4.74 Å². The molecule has 3 rings (SSSR count). The topological polar surface area (TPSA) is 41.6 Å². The molecular weight excluding hydrogens is 331 g/mol. The molecule has 1 unspecified atom stereocenters. The number of ether oxygens (including phenoxy) is 1. The molecule has 1 aliphatic rings. The number of carbonyl (C=O) groups excluding carboxylic acids is 1. The molecule has 0 saturated heterocycles. The first kappa shape index (κ1) is 18.2. The third-order valence-corrected chi connectivity index (χ3v) is 4.57. The Hall–Kier alpha value is -2.56. The number of hydrogen-bond acceptors (Lipinski definition) is 3. The van der Waals surface area contributed by atoms with Gasteiger partial charge in [0.2, 0.25) is 5.91 Å². The molecule has 1 N–H and O–H groups in total. The summed E-state index contributed by atoms with van der Waals surface area (Å²) in [6.07, 6.45) is 1.25. The van der Waals surface area contributed by atoms with Gasteiger partial charge < -0.3 is 15.0 Å². The van der Waals surface area contributed by atoms with E-state index in [2.05, 4.69) is 41.4 Å². The Morgan fingerprint density at radius 2 is 2.04 bits per heavy atom. The minimum absolute atomic E-state index is 0.0138. The van der Waals surface area contributed by atoms with Crippen LogP contribution in [0.3, 0.4) is 0 Å². The van der Waals surface area contributed by atoms with Crippen molar-refractivity contribution in [1.82, 2.24) is 5.32 Å². The van der Waals surface area contributed by atoms with Crippen LogP contribution in [0.5, 0.6) is 5.75 Å². The smallest absolute Gasteiger partial charge is 0.222 e. The van der Waals surface area contributed by atoms with Gasteiger partial charge >= 0.3 is 0 Å². The monoisotopic (exact) mass is 356 g/mol. The van der Waals surface area contributed by atoms with Crippen LogP contribution < -0.4 is 15.0 Å². The fourth-order valence-electron chi connectivity index (χ4n) is 3.14. The molecule has 5 heteroatoms. The van der Waals surface area contributed by atoms with Gasteiger partial charge in [0, 0.05) is 19.2 Å². The molecule has 1 amide bonds. The fourth-order valence-corrected chi connectivity index (χ4v) is 3.14. The van der Waals surface area contributed by atoms with Gasteiger partial charge in [-0.25, -0.2) is 4.39 Å². The van der Waals surface area contributed by atoms with Gasteiger partial charge in [-0.15, -0.1) is 0 Å². The second kappa shape index (κ2) is 8.21. The first-order valence-electron chi connectivity index (χ1n) is 9.08. The summed E-state index contributed by atoms with van der Waals surface area (Å²) >= 11 is 0. The number of hydrogen-bond donors (Lipinski definition) is 1. The van der Waals surface area contributed by atoms with E-state index in [1.807, 2.05) is 6.92 Å². The van der Waals surface area contributed by atoms with Crippen molar-refractivity contribution in [3.8, 4) is 5.75 Å². The highest BCUT2D eigenvalue weighted by Crippen LogP contribution is 2.36. The van der Waals surface area contributed by atoms with Crippen molar-refractivity contribution < 1.29 is 13.9 Å². The lowest BCUT2D eigenvalue weighted by molar-refractivity contribution is -0.121. The van der Waals surface area contributed by atoms with Crippen LogP contribution in [0.1, 0.15) is 30.9 Å². The second-order valence-corrected chi connectivity index (χ2v) is 6.74. The number of anilines is 1. The molecule has 1 aliphatic heterocycles. The van der Waals surface area contributed by atoms with Gasteiger partial charge in [0.05, 0.1) is 18.2 Å². The van der Waals surface area contributed by atoms with E-state index in [0.29, 0.717) is 31.9 Å². The average molecular weight is 356 g/mol. The largest absolute Gasteiger partial charge is 0.489 e. The van der Waals surface area contributed by atoms with Crippen LogP contribution >= 0.6 is 0 Å². The molecule has 0 fully saturated rings. The highest BCUT2D eigenvalue weighted by atomic mass is 19.1. The standard InChI is InChI=1S/C21H25FN2O2/c1-3-10-23-21(25)12-18-14-26-20-11-17(22)8-9-19(20)24(18)13-16-6-4-15(2)5-7-16/h4-9,11,18H,3,10,12-14H2,1-2H3,(H,23,25). The van der Waals surface area contributed by atoms with E-state index in [0.717, 1.165) is 17.7 Å². The van der Waals surface area contributed by atoms with Crippen LogP contribution in [-0.2, 0) is 11.3 Å². The number of fused-ring (bicyclic) bond motifs is 1. The molecule has 2 aromatic carbocycles. The van der Waals surface area contributed by atoms with E-state index in [1.54, 1.807) is 6.07 Å². The maximum Gasteiger partial charge on any atom is 0.222 e. The SMILES string of the molecule is CCCNC(=O)CC1COc2cc(F)ccc2N1Cc1ccc(C)cc1. The molecule has 0 spiro atoms. The second-order valence-electron chi connectivity index (χ2n) is 6.74. The molecule has 0 aromatic heterocycles. The number of nitrogens with zero attached hydrogens (tertiary/aromatic N) is 1. The van der Waals surface area contributed by atoms with E-state index in [-0.39, 0.29) is 17.8 Å². The molecular formula is C21H25FN2O2. The minimum atomic E-state index is -0.321. The predicted molar refractivity (Wildman–Crippen MR) is 101 cm³/mol. The van der Waals surface area contributed by atoms with Crippen molar-refractivity contribution in [3.05, 3.63) is 59.4 Å². The van der Waals surface area contributed by atoms with Gasteiger partial charge in [-0.1, -0.05) is 36.8 Å². The maximum absolute atomic E-state index is 13.6. The summed E-state index contributed by atoms with van der Waals surface area (Å²) in [5, 5.41) is 2.92. The van der Waals surface area contributed by atoms with Gasteiger partial charge in [-0.3, -0.25) is 4.79 Å². The van der Waals surface area contributed by atoms with Crippen LogP contribution in [0.2, 0.25) is 0 Å². The Morgan fingerprint density at radius 1 is 1.27 bits per heavy atom. The Bertz CT molecular complexity index is 761. The van der Waals surface area contributed by atoms with Crippen molar-refractivity contribution >= 4 is 11.6 Å². The molecule has 26 heavy (non-hydrogen) atoms. The number of carbonyl (C=O) groups is 1.